The molecule has 0 amide bonds. The van der Waals surface area contributed by atoms with Crippen molar-refractivity contribution in [1.82, 2.24) is 4.31 Å². The number of hydrogen-bond donors (Lipinski definition) is 1. The summed E-state index contributed by atoms with van der Waals surface area (Å²) >= 11 is 0. The first kappa shape index (κ1) is 16.3. The maximum Gasteiger partial charge on any atom is 0.243 e. The van der Waals surface area contributed by atoms with E-state index in [0.717, 1.165) is 6.42 Å². The molecular weight excluding hydrogens is 288 g/mol. The normalized spacial score (nSPS) is 24.0. The first-order chi connectivity index (χ1) is 9.88. The molecule has 0 aliphatic carbocycles. The summed E-state index contributed by atoms with van der Waals surface area (Å²) in [5, 5.41) is 0. The standard InChI is InChI=1S/C15H24N2O3S/c1-11-6-12(2)10-17(9-11)21(18,19)14-4-5-15(20-3)13(7-14)8-16/h4-5,7,11-12H,6,8-10,16H2,1-3H3. The van der Waals surface area contributed by atoms with E-state index in [1.165, 1.54) is 0 Å². The summed E-state index contributed by atoms with van der Waals surface area (Å²) in [4.78, 5) is 0.296. The number of rotatable bonds is 4. The SMILES string of the molecule is COc1ccc(S(=O)(=O)N2CC(C)CC(C)C2)cc1CN. The van der Waals surface area contributed by atoms with Crippen LogP contribution in [-0.2, 0) is 16.6 Å². The molecule has 2 N–H and O–H groups in total. The first-order valence-electron chi connectivity index (χ1n) is 7.25. The molecule has 2 unspecified atom stereocenters. The molecule has 1 fully saturated rings. The van der Waals surface area contributed by atoms with E-state index >= 15 is 0 Å². The van der Waals surface area contributed by atoms with Crippen molar-refractivity contribution in [3.8, 4) is 5.75 Å². The molecule has 5 nitrogen and oxygen atoms in total. The van der Waals surface area contributed by atoms with Crippen LogP contribution < -0.4 is 10.5 Å². The van der Waals surface area contributed by atoms with Gasteiger partial charge < -0.3 is 10.5 Å². The third kappa shape index (κ3) is 3.39. The Morgan fingerprint density at radius 3 is 2.43 bits per heavy atom. The molecule has 1 saturated heterocycles. The lowest BCUT2D eigenvalue weighted by Crippen LogP contribution is -2.42. The van der Waals surface area contributed by atoms with Crippen molar-refractivity contribution < 1.29 is 13.2 Å². The van der Waals surface area contributed by atoms with Crippen molar-refractivity contribution in [3.63, 3.8) is 0 Å². The van der Waals surface area contributed by atoms with Crippen LogP contribution >= 0.6 is 0 Å². The number of nitrogens with zero attached hydrogens (tertiary/aromatic N) is 1. The van der Waals surface area contributed by atoms with Crippen molar-refractivity contribution in [2.45, 2.75) is 31.7 Å². The number of sulfonamides is 1. The average molecular weight is 312 g/mol. The highest BCUT2D eigenvalue weighted by Crippen LogP contribution is 2.29. The Morgan fingerprint density at radius 1 is 1.29 bits per heavy atom. The number of nitrogens with two attached hydrogens (primary N) is 1. The molecular formula is C15H24N2O3S. The number of methoxy groups -OCH3 is 1. The molecule has 0 bridgehead atoms. The monoisotopic (exact) mass is 312 g/mol. The Labute approximate surface area is 127 Å². The second-order valence-electron chi connectivity index (χ2n) is 5.95. The molecule has 21 heavy (non-hydrogen) atoms. The van der Waals surface area contributed by atoms with Crippen molar-refractivity contribution in [2.24, 2.45) is 17.6 Å². The van der Waals surface area contributed by atoms with Gasteiger partial charge in [0.15, 0.2) is 0 Å². The lowest BCUT2D eigenvalue weighted by atomic mass is 9.94. The van der Waals surface area contributed by atoms with Gasteiger partial charge in [-0.15, -0.1) is 0 Å². The van der Waals surface area contributed by atoms with E-state index in [1.807, 2.05) is 0 Å². The first-order valence-corrected chi connectivity index (χ1v) is 8.69. The Hall–Kier alpha value is -1.11. The van der Waals surface area contributed by atoms with Gasteiger partial charge in [0.25, 0.3) is 0 Å². The van der Waals surface area contributed by atoms with E-state index in [9.17, 15) is 8.42 Å². The summed E-state index contributed by atoms with van der Waals surface area (Å²) in [5.74, 6) is 1.39. The zero-order valence-electron chi connectivity index (χ0n) is 12.9. The molecule has 2 atom stereocenters. The van der Waals surface area contributed by atoms with Gasteiger partial charge in [-0.05, 0) is 36.5 Å². The number of ether oxygens (including phenoxy) is 1. The zero-order chi connectivity index (χ0) is 15.6. The predicted octanol–water partition coefficient (Wildman–Crippen LogP) is 1.82. The third-order valence-corrected chi connectivity index (χ3v) is 5.77. The molecule has 0 radical (unpaired) electrons. The fraction of sp³-hybridized carbons (Fsp3) is 0.600. The minimum absolute atomic E-state index is 0.249. The van der Waals surface area contributed by atoms with Gasteiger partial charge >= 0.3 is 0 Å². The molecule has 2 rings (SSSR count). The van der Waals surface area contributed by atoms with E-state index in [2.05, 4.69) is 13.8 Å². The second kappa shape index (κ2) is 6.34. The highest BCUT2D eigenvalue weighted by atomic mass is 32.2. The molecule has 1 aliphatic heterocycles. The van der Waals surface area contributed by atoms with Crippen molar-refractivity contribution in [1.29, 1.82) is 0 Å². The summed E-state index contributed by atoms with van der Waals surface area (Å²) < 4.78 is 32.4. The van der Waals surface area contributed by atoms with Crippen LogP contribution in [-0.4, -0.2) is 32.9 Å². The van der Waals surface area contributed by atoms with Crippen LogP contribution in [0.3, 0.4) is 0 Å². The van der Waals surface area contributed by atoms with Crippen molar-refractivity contribution in [2.75, 3.05) is 20.2 Å². The van der Waals surface area contributed by atoms with Gasteiger partial charge in [-0.25, -0.2) is 8.42 Å². The van der Waals surface area contributed by atoms with Gasteiger partial charge in [-0.2, -0.15) is 4.31 Å². The van der Waals surface area contributed by atoms with E-state index in [0.29, 0.717) is 41.1 Å². The topological polar surface area (TPSA) is 72.6 Å². The maximum atomic E-state index is 12.8. The van der Waals surface area contributed by atoms with Crippen LogP contribution in [0.5, 0.6) is 5.75 Å². The molecule has 1 aromatic carbocycles. The van der Waals surface area contributed by atoms with Gasteiger partial charge in [-0.1, -0.05) is 13.8 Å². The largest absolute Gasteiger partial charge is 0.496 e. The Balaban J connectivity index is 2.35. The fourth-order valence-electron chi connectivity index (χ4n) is 3.03. The Bertz CT molecular complexity index is 591. The van der Waals surface area contributed by atoms with Crippen LogP contribution in [0, 0.1) is 11.8 Å². The smallest absolute Gasteiger partial charge is 0.243 e. The van der Waals surface area contributed by atoms with Crippen LogP contribution in [0.1, 0.15) is 25.8 Å². The summed E-state index contributed by atoms with van der Waals surface area (Å²) in [7, 11) is -1.91. The molecule has 1 aliphatic rings. The second-order valence-corrected chi connectivity index (χ2v) is 7.88. The van der Waals surface area contributed by atoms with Crippen LogP contribution in [0.4, 0.5) is 0 Å². The molecule has 118 valence electrons. The molecule has 1 aromatic rings. The van der Waals surface area contributed by atoms with Gasteiger partial charge in [-0.3, -0.25) is 0 Å². The van der Waals surface area contributed by atoms with E-state index in [4.69, 9.17) is 10.5 Å². The number of piperidine rings is 1. The van der Waals surface area contributed by atoms with Crippen molar-refractivity contribution >= 4 is 10.0 Å². The lowest BCUT2D eigenvalue weighted by molar-refractivity contribution is 0.222. The number of hydrogen-bond acceptors (Lipinski definition) is 4. The van der Waals surface area contributed by atoms with Gasteiger partial charge in [0.2, 0.25) is 10.0 Å². The minimum atomic E-state index is -3.46. The summed E-state index contributed by atoms with van der Waals surface area (Å²) in [5.41, 5.74) is 6.38. The molecule has 0 saturated carbocycles. The maximum absolute atomic E-state index is 12.8. The van der Waals surface area contributed by atoms with Crippen LogP contribution in [0.15, 0.2) is 23.1 Å². The van der Waals surface area contributed by atoms with Gasteiger partial charge in [0.1, 0.15) is 5.75 Å². The lowest BCUT2D eigenvalue weighted by Gasteiger charge is -2.34. The van der Waals surface area contributed by atoms with Crippen molar-refractivity contribution in [3.05, 3.63) is 23.8 Å². The van der Waals surface area contributed by atoms with Crippen LogP contribution in [0.2, 0.25) is 0 Å². The molecule has 6 heteroatoms. The molecule has 0 aromatic heterocycles. The third-order valence-electron chi connectivity index (χ3n) is 3.94. The zero-order valence-corrected chi connectivity index (χ0v) is 13.7. The van der Waals surface area contributed by atoms with E-state index < -0.39 is 10.0 Å². The highest BCUT2D eigenvalue weighted by molar-refractivity contribution is 7.89. The summed E-state index contributed by atoms with van der Waals surface area (Å²) in [6.07, 6.45) is 1.07. The summed E-state index contributed by atoms with van der Waals surface area (Å²) in [6, 6.07) is 4.89. The quantitative estimate of drug-likeness (QED) is 0.920. The minimum Gasteiger partial charge on any atom is -0.496 e. The predicted molar refractivity (Wildman–Crippen MR) is 82.6 cm³/mol. The number of benzene rings is 1. The summed E-state index contributed by atoms with van der Waals surface area (Å²) in [6.45, 7) is 5.60. The highest BCUT2D eigenvalue weighted by Gasteiger charge is 2.31. The molecule has 1 heterocycles. The van der Waals surface area contributed by atoms with E-state index in [-0.39, 0.29) is 6.54 Å². The Morgan fingerprint density at radius 2 is 1.90 bits per heavy atom. The van der Waals surface area contributed by atoms with Gasteiger partial charge in [0.05, 0.1) is 12.0 Å². The fourth-order valence-corrected chi connectivity index (χ4v) is 4.76. The average Bonchev–Trinajstić information content (AvgIpc) is 2.45. The Kier molecular flexibility index (Phi) is 4.91. The van der Waals surface area contributed by atoms with E-state index in [1.54, 1.807) is 29.6 Å². The molecule has 0 spiro atoms. The van der Waals surface area contributed by atoms with Gasteiger partial charge in [0, 0.05) is 25.2 Å². The van der Waals surface area contributed by atoms with Crippen LogP contribution in [0.25, 0.3) is 0 Å².